The number of hydrogen-bond acceptors (Lipinski definition) is 6. The second-order valence-electron chi connectivity index (χ2n) is 18.8. The Balaban J connectivity index is 4.24. The topological polar surface area (TPSA) is 78.9 Å². The molecule has 6 heteroatoms. The molecule has 0 bridgehead atoms. The highest BCUT2D eigenvalue weighted by molar-refractivity contribution is 5.71. The molecule has 1 unspecified atom stereocenters. The van der Waals surface area contributed by atoms with E-state index in [4.69, 9.17) is 14.2 Å². The third-order valence-electron chi connectivity index (χ3n) is 12.7. The van der Waals surface area contributed by atoms with Crippen LogP contribution in [0.2, 0.25) is 0 Å². The predicted molar refractivity (Wildman–Crippen MR) is 257 cm³/mol. The standard InChI is InChI=1S/C54H104O6/c1-5-8-10-12-14-16-17-18-19-20-21-22-23-24-25-31-35-39-43-47-54(57)60-51(48-58-52(55)45-41-37-33-28-15-13-11-9-6-2)49-59-53(56)46-42-38-34-30-27-26-29-32-36-40-44-50(4)7-3/h50-51H,5-49H2,1-4H3/t50?,51-/m0/s1. The molecule has 0 aliphatic heterocycles. The third-order valence-corrected chi connectivity index (χ3v) is 12.7. The lowest BCUT2D eigenvalue weighted by molar-refractivity contribution is -0.167. The predicted octanol–water partition coefficient (Wildman–Crippen LogP) is 17.5. The van der Waals surface area contributed by atoms with Crippen LogP contribution in [-0.2, 0) is 28.6 Å². The Labute approximate surface area is 374 Å². The normalized spacial score (nSPS) is 12.4. The Hall–Kier alpha value is -1.59. The molecule has 0 aromatic carbocycles. The highest BCUT2D eigenvalue weighted by Gasteiger charge is 2.19. The number of unbranched alkanes of at least 4 members (excludes halogenated alkanes) is 35. The average molecular weight is 849 g/mol. The summed E-state index contributed by atoms with van der Waals surface area (Å²) in [6.45, 7) is 9.04. The van der Waals surface area contributed by atoms with Crippen LogP contribution >= 0.6 is 0 Å². The number of ether oxygens (including phenoxy) is 3. The van der Waals surface area contributed by atoms with Crippen molar-refractivity contribution in [2.45, 2.75) is 310 Å². The Bertz CT molecular complexity index is 905. The number of rotatable bonds is 49. The zero-order valence-corrected chi connectivity index (χ0v) is 40.9. The maximum absolute atomic E-state index is 12.8. The van der Waals surface area contributed by atoms with Crippen molar-refractivity contribution in [3.63, 3.8) is 0 Å². The first-order valence-corrected chi connectivity index (χ1v) is 26.9. The molecule has 0 N–H and O–H groups in total. The van der Waals surface area contributed by atoms with Crippen LogP contribution in [-0.4, -0.2) is 37.2 Å². The fourth-order valence-electron chi connectivity index (χ4n) is 8.19. The van der Waals surface area contributed by atoms with Gasteiger partial charge in [0.05, 0.1) is 0 Å². The van der Waals surface area contributed by atoms with E-state index in [1.165, 1.54) is 199 Å². The van der Waals surface area contributed by atoms with Crippen molar-refractivity contribution in [2.75, 3.05) is 13.2 Å². The fourth-order valence-corrected chi connectivity index (χ4v) is 8.19. The smallest absolute Gasteiger partial charge is 0.306 e. The Morgan fingerprint density at radius 3 is 0.867 bits per heavy atom. The van der Waals surface area contributed by atoms with Gasteiger partial charge in [0.2, 0.25) is 0 Å². The van der Waals surface area contributed by atoms with Crippen LogP contribution in [0.4, 0.5) is 0 Å². The van der Waals surface area contributed by atoms with Gasteiger partial charge in [-0.25, -0.2) is 0 Å². The van der Waals surface area contributed by atoms with Gasteiger partial charge in [-0.3, -0.25) is 14.4 Å². The van der Waals surface area contributed by atoms with Gasteiger partial charge in [-0.15, -0.1) is 0 Å². The molecule has 60 heavy (non-hydrogen) atoms. The Morgan fingerprint density at radius 2 is 0.583 bits per heavy atom. The zero-order chi connectivity index (χ0) is 43.8. The van der Waals surface area contributed by atoms with Gasteiger partial charge in [0.15, 0.2) is 6.10 Å². The van der Waals surface area contributed by atoms with E-state index in [9.17, 15) is 14.4 Å². The van der Waals surface area contributed by atoms with Crippen LogP contribution in [0.5, 0.6) is 0 Å². The summed E-state index contributed by atoms with van der Waals surface area (Å²) >= 11 is 0. The number of carbonyl (C=O) groups excluding carboxylic acids is 3. The van der Waals surface area contributed by atoms with E-state index in [-0.39, 0.29) is 31.1 Å². The molecule has 0 rings (SSSR count). The largest absolute Gasteiger partial charge is 0.462 e. The first-order chi connectivity index (χ1) is 29.4. The van der Waals surface area contributed by atoms with E-state index in [2.05, 4.69) is 27.7 Å². The molecule has 0 saturated carbocycles. The monoisotopic (exact) mass is 849 g/mol. The molecule has 2 atom stereocenters. The van der Waals surface area contributed by atoms with Crippen molar-refractivity contribution in [2.24, 2.45) is 5.92 Å². The van der Waals surface area contributed by atoms with E-state index < -0.39 is 6.10 Å². The number of hydrogen-bond donors (Lipinski definition) is 0. The molecular weight excluding hydrogens is 745 g/mol. The van der Waals surface area contributed by atoms with Gasteiger partial charge in [-0.05, 0) is 25.2 Å². The molecule has 0 saturated heterocycles. The maximum Gasteiger partial charge on any atom is 0.306 e. The second-order valence-corrected chi connectivity index (χ2v) is 18.8. The van der Waals surface area contributed by atoms with Crippen LogP contribution in [0.25, 0.3) is 0 Å². The lowest BCUT2D eigenvalue weighted by atomic mass is 9.99. The fraction of sp³-hybridized carbons (Fsp3) is 0.944. The highest BCUT2D eigenvalue weighted by Crippen LogP contribution is 2.18. The summed E-state index contributed by atoms with van der Waals surface area (Å²) in [5, 5.41) is 0. The van der Waals surface area contributed by atoms with Crippen LogP contribution in [0, 0.1) is 5.92 Å². The van der Waals surface area contributed by atoms with Crippen molar-refractivity contribution in [1.82, 2.24) is 0 Å². The molecule has 0 heterocycles. The van der Waals surface area contributed by atoms with Gasteiger partial charge in [-0.2, -0.15) is 0 Å². The second kappa shape index (κ2) is 48.4. The summed E-state index contributed by atoms with van der Waals surface area (Å²) in [5.74, 6) is 0.0242. The minimum Gasteiger partial charge on any atom is -0.462 e. The van der Waals surface area contributed by atoms with Gasteiger partial charge in [0.1, 0.15) is 13.2 Å². The molecule has 0 fully saturated rings. The quantitative estimate of drug-likeness (QED) is 0.0345. The lowest BCUT2D eigenvalue weighted by Crippen LogP contribution is -2.30. The average Bonchev–Trinajstić information content (AvgIpc) is 3.25. The van der Waals surface area contributed by atoms with Crippen LogP contribution in [0.1, 0.15) is 304 Å². The molecule has 0 aliphatic carbocycles. The zero-order valence-electron chi connectivity index (χ0n) is 40.9. The van der Waals surface area contributed by atoms with Crippen LogP contribution in [0.15, 0.2) is 0 Å². The SMILES string of the molecule is CCCCCCCCCCCCCCCCCCCCCC(=O)O[C@@H](COC(=O)CCCCCCCCCCC)COC(=O)CCCCCCCCCCCCC(C)CC. The number of carbonyl (C=O) groups is 3. The van der Waals surface area contributed by atoms with Crippen molar-refractivity contribution < 1.29 is 28.6 Å². The Morgan fingerprint density at radius 1 is 0.333 bits per heavy atom. The molecule has 0 radical (unpaired) electrons. The van der Waals surface area contributed by atoms with Crippen molar-refractivity contribution in [3.8, 4) is 0 Å². The minimum atomic E-state index is -0.760. The molecule has 0 aliphatic rings. The van der Waals surface area contributed by atoms with Crippen molar-refractivity contribution >= 4 is 17.9 Å². The first kappa shape index (κ1) is 58.4. The molecule has 356 valence electrons. The maximum atomic E-state index is 12.8. The highest BCUT2D eigenvalue weighted by atomic mass is 16.6. The summed E-state index contributed by atoms with van der Waals surface area (Å²) in [6.07, 6.45) is 50.9. The van der Waals surface area contributed by atoms with Crippen molar-refractivity contribution in [1.29, 1.82) is 0 Å². The van der Waals surface area contributed by atoms with E-state index in [0.717, 1.165) is 63.7 Å². The summed E-state index contributed by atoms with van der Waals surface area (Å²) in [5.41, 5.74) is 0. The summed E-state index contributed by atoms with van der Waals surface area (Å²) in [7, 11) is 0. The van der Waals surface area contributed by atoms with Gasteiger partial charge in [-0.1, -0.05) is 265 Å². The van der Waals surface area contributed by atoms with E-state index in [1.54, 1.807) is 0 Å². The molecule has 0 aromatic heterocycles. The van der Waals surface area contributed by atoms with Gasteiger partial charge >= 0.3 is 17.9 Å². The first-order valence-electron chi connectivity index (χ1n) is 26.9. The molecule has 0 aromatic rings. The minimum absolute atomic E-state index is 0.0631. The molecular formula is C54H104O6. The Kier molecular flexibility index (Phi) is 47.2. The third kappa shape index (κ3) is 45.9. The van der Waals surface area contributed by atoms with Gasteiger partial charge in [0.25, 0.3) is 0 Å². The summed E-state index contributed by atoms with van der Waals surface area (Å²) in [4.78, 5) is 37.9. The van der Waals surface area contributed by atoms with E-state index in [0.29, 0.717) is 19.3 Å². The van der Waals surface area contributed by atoms with E-state index >= 15 is 0 Å². The van der Waals surface area contributed by atoms with Gasteiger partial charge < -0.3 is 14.2 Å². The number of esters is 3. The summed E-state index contributed by atoms with van der Waals surface area (Å²) < 4.78 is 16.8. The van der Waals surface area contributed by atoms with E-state index in [1.807, 2.05) is 0 Å². The van der Waals surface area contributed by atoms with Crippen LogP contribution in [0.3, 0.4) is 0 Å². The molecule has 6 nitrogen and oxygen atoms in total. The van der Waals surface area contributed by atoms with Crippen molar-refractivity contribution in [3.05, 3.63) is 0 Å². The summed E-state index contributed by atoms with van der Waals surface area (Å²) in [6, 6.07) is 0. The lowest BCUT2D eigenvalue weighted by Gasteiger charge is -2.18. The van der Waals surface area contributed by atoms with Crippen LogP contribution < -0.4 is 0 Å². The molecule has 0 spiro atoms. The molecule has 0 amide bonds. The van der Waals surface area contributed by atoms with Gasteiger partial charge in [0, 0.05) is 19.3 Å².